The van der Waals surface area contributed by atoms with Crippen molar-refractivity contribution in [1.82, 2.24) is 4.90 Å². The second kappa shape index (κ2) is 9.76. The summed E-state index contributed by atoms with van der Waals surface area (Å²) < 4.78 is 10.5. The van der Waals surface area contributed by atoms with Gasteiger partial charge in [-0.1, -0.05) is 23.7 Å². The van der Waals surface area contributed by atoms with Crippen molar-refractivity contribution in [3.63, 3.8) is 0 Å². The van der Waals surface area contributed by atoms with Crippen LogP contribution in [0.4, 0.5) is 0 Å². The van der Waals surface area contributed by atoms with Gasteiger partial charge < -0.3 is 14.3 Å². The third-order valence-corrected chi connectivity index (χ3v) is 5.75. The fourth-order valence-electron chi connectivity index (χ4n) is 2.91. The molecule has 0 radical (unpaired) electrons. The zero-order valence-corrected chi connectivity index (χ0v) is 18.5. The molecule has 0 bridgehead atoms. The Labute approximate surface area is 193 Å². The molecule has 0 saturated carbocycles. The van der Waals surface area contributed by atoms with Gasteiger partial charge >= 0.3 is 0 Å². The number of amidine groups is 1. The zero-order valence-electron chi connectivity index (χ0n) is 16.9. The molecule has 2 aromatic carbocycles. The van der Waals surface area contributed by atoms with Crippen molar-refractivity contribution in [3.05, 3.63) is 87.7 Å². The van der Waals surface area contributed by atoms with Crippen molar-refractivity contribution >= 4 is 46.7 Å². The van der Waals surface area contributed by atoms with Crippen LogP contribution in [0.2, 0.25) is 5.02 Å². The van der Waals surface area contributed by atoms with Crippen molar-refractivity contribution < 1.29 is 19.1 Å². The maximum atomic E-state index is 13.1. The highest BCUT2D eigenvalue weighted by Crippen LogP contribution is 2.34. The number of amides is 1. The number of benzene rings is 2. The van der Waals surface area contributed by atoms with Crippen LogP contribution in [0, 0.1) is 0 Å². The standard InChI is InChI=1S/C23H18ClN3O4S/c1-30-20-11-16(6-9-19(20)28)13-25-26-23-27(14-18-3-2-10-31-18)22(29)21(32-23)12-15-4-7-17(24)8-5-15/h2-13,28H,14H2,1H3/b21-12-,25-13+,26-23-. The van der Waals surface area contributed by atoms with Crippen molar-refractivity contribution in [2.75, 3.05) is 7.11 Å². The Morgan fingerprint density at radius 2 is 1.97 bits per heavy atom. The van der Waals surface area contributed by atoms with Gasteiger partial charge in [0, 0.05) is 5.02 Å². The van der Waals surface area contributed by atoms with Crippen LogP contribution in [-0.2, 0) is 11.3 Å². The lowest BCUT2D eigenvalue weighted by Crippen LogP contribution is -2.28. The number of ether oxygens (including phenoxy) is 1. The molecule has 2 heterocycles. The van der Waals surface area contributed by atoms with E-state index < -0.39 is 0 Å². The van der Waals surface area contributed by atoms with Gasteiger partial charge in [0.15, 0.2) is 16.7 Å². The number of hydrogen-bond donors (Lipinski definition) is 1. The Kier molecular flexibility index (Phi) is 6.63. The maximum absolute atomic E-state index is 13.1. The van der Waals surface area contributed by atoms with E-state index >= 15 is 0 Å². The number of carbonyl (C=O) groups excluding carboxylic acids is 1. The normalized spacial score (nSPS) is 16.6. The molecule has 0 atom stereocenters. The number of phenolic OH excluding ortho intramolecular Hbond substituents is 1. The van der Waals surface area contributed by atoms with Gasteiger partial charge in [-0.2, -0.15) is 5.10 Å². The zero-order chi connectivity index (χ0) is 22.5. The molecular weight excluding hydrogens is 450 g/mol. The van der Waals surface area contributed by atoms with Crippen LogP contribution < -0.4 is 4.74 Å². The smallest absolute Gasteiger partial charge is 0.267 e. The summed E-state index contributed by atoms with van der Waals surface area (Å²) >= 11 is 7.18. The highest BCUT2D eigenvalue weighted by atomic mass is 35.5. The van der Waals surface area contributed by atoms with E-state index in [4.69, 9.17) is 20.8 Å². The Morgan fingerprint density at radius 1 is 1.19 bits per heavy atom. The van der Waals surface area contributed by atoms with Crippen LogP contribution in [0.3, 0.4) is 0 Å². The van der Waals surface area contributed by atoms with Crippen LogP contribution in [-0.4, -0.2) is 34.4 Å². The van der Waals surface area contributed by atoms with E-state index in [1.165, 1.54) is 36.1 Å². The first-order valence-corrected chi connectivity index (χ1v) is 10.7. The van der Waals surface area contributed by atoms with Crippen LogP contribution >= 0.6 is 23.4 Å². The number of nitrogens with zero attached hydrogens (tertiary/aromatic N) is 3. The fourth-order valence-corrected chi connectivity index (χ4v) is 3.97. The Bertz CT molecular complexity index is 1200. The molecule has 9 heteroatoms. The summed E-state index contributed by atoms with van der Waals surface area (Å²) in [6.07, 6.45) is 4.86. The number of rotatable bonds is 6. The minimum Gasteiger partial charge on any atom is -0.504 e. The van der Waals surface area contributed by atoms with E-state index in [0.717, 1.165) is 5.56 Å². The van der Waals surface area contributed by atoms with E-state index in [-0.39, 0.29) is 18.2 Å². The van der Waals surface area contributed by atoms with E-state index in [1.54, 1.807) is 48.7 Å². The van der Waals surface area contributed by atoms with Gasteiger partial charge in [-0.25, -0.2) is 0 Å². The molecule has 1 fully saturated rings. The average molecular weight is 468 g/mol. The Balaban J connectivity index is 1.61. The lowest BCUT2D eigenvalue weighted by molar-refractivity contribution is -0.122. The molecule has 162 valence electrons. The highest BCUT2D eigenvalue weighted by Gasteiger charge is 2.34. The van der Waals surface area contributed by atoms with Crippen LogP contribution in [0.15, 0.2) is 80.4 Å². The summed E-state index contributed by atoms with van der Waals surface area (Å²) in [7, 11) is 1.47. The van der Waals surface area contributed by atoms with Gasteiger partial charge in [-0.05, 0) is 71.4 Å². The van der Waals surface area contributed by atoms with Crippen molar-refractivity contribution in [2.24, 2.45) is 10.2 Å². The molecule has 1 aliphatic heterocycles. The predicted molar refractivity (Wildman–Crippen MR) is 126 cm³/mol. The van der Waals surface area contributed by atoms with Crippen LogP contribution in [0.5, 0.6) is 11.5 Å². The quantitative estimate of drug-likeness (QED) is 0.307. The predicted octanol–water partition coefficient (Wildman–Crippen LogP) is 5.15. The van der Waals surface area contributed by atoms with Gasteiger partial charge in [0.05, 0.1) is 31.0 Å². The first-order valence-electron chi connectivity index (χ1n) is 9.51. The van der Waals surface area contributed by atoms with E-state index in [1.807, 2.05) is 12.1 Å². The van der Waals surface area contributed by atoms with E-state index in [9.17, 15) is 9.90 Å². The summed E-state index contributed by atoms with van der Waals surface area (Å²) in [5, 5.41) is 19.2. The summed E-state index contributed by atoms with van der Waals surface area (Å²) in [6, 6.07) is 15.6. The third kappa shape index (κ3) is 5.04. The van der Waals surface area contributed by atoms with E-state index in [2.05, 4.69) is 10.2 Å². The van der Waals surface area contributed by atoms with Gasteiger partial charge in [-0.15, -0.1) is 5.10 Å². The lowest BCUT2D eigenvalue weighted by Gasteiger charge is -2.12. The van der Waals surface area contributed by atoms with Gasteiger partial charge in [0.25, 0.3) is 5.91 Å². The van der Waals surface area contributed by atoms with Gasteiger partial charge in [0.2, 0.25) is 0 Å². The first kappa shape index (κ1) is 21.7. The van der Waals surface area contributed by atoms with Crippen LogP contribution in [0.25, 0.3) is 6.08 Å². The van der Waals surface area contributed by atoms with Crippen molar-refractivity contribution in [2.45, 2.75) is 6.54 Å². The lowest BCUT2D eigenvalue weighted by atomic mass is 10.2. The monoisotopic (exact) mass is 467 g/mol. The second-order valence-electron chi connectivity index (χ2n) is 6.69. The minimum atomic E-state index is -0.193. The second-order valence-corrected chi connectivity index (χ2v) is 8.14. The Hall–Kier alpha value is -3.49. The molecule has 1 amide bonds. The van der Waals surface area contributed by atoms with Gasteiger partial charge in [0.1, 0.15) is 5.76 Å². The number of carbonyl (C=O) groups is 1. The maximum Gasteiger partial charge on any atom is 0.267 e. The molecule has 0 unspecified atom stereocenters. The summed E-state index contributed by atoms with van der Waals surface area (Å²) in [5.41, 5.74) is 1.54. The Morgan fingerprint density at radius 3 is 2.69 bits per heavy atom. The molecule has 1 aromatic heterocycles. The highest BCUT2D eigenvalue weighted by molar-refractivity contribution is 8.18. The number of hydrogen-bond acceptors (Lipinski definition) is 7. The molecular formula is C23H18ClN3O4S. The molecule has 1 aliphatic rings. The largest absolute Gasteiger partial charge is 0.504 e. The molecule has 0 aliphatic carbocycles. The number of methoxy groups -OCH3 is 1. The average Bonchev–Trinajstić information content (AvgIpc) is 3.41. The third-order valence-electron chi connectivity index (χ3n) is 4.50. The number of aromatic hydroxyl groups is 1. The van der Waals surface area contributed by atoms with Crippen LogP contribution in [0.1, 0.15) is 16.9 Å². The number of halogens is 1. The topological polar surface area (TPSA) is 87.6 Å². The minimum absolute atomic E-state index is 0.0366. The fraction of sp³-hybridized carbons (Fsp3) is 0.0870. The first-order chi connectivity index (χ1) is 15.5. The molecule has 1 saturated heterocycles. The molecule has 0 spiro atoms. The molecule has 32 heavy (non-hydrogen) atoms. The van der Waals surface area contributed by atoms with Crippen molar-refractivity contribution in [3.8, 4) is 11.5 Å². The van der Waals surface area contributed by atoms with Gasteiger partial charge in [-0.3, -0.25) is 9.69 Å². The number of thioether (sulfide) groups is 1. The molecule has 3 aromatic rings. The van der Waals surface area contributed by atoms with E-state index in [0.29, 0.717) is 32.2 Å². The summed E-state index contributed by atoms with van der Waals surface area (Å²) in [6.45, 7) is 0.234. The van der Waals surface area contributed by atoms with Crippen molar-refractivity contribution in [1.29, 1.82) is 0 Å². The number of phenols is 1. The summed E-state index contributed by atoms with van der Waals surface area (Å²) in [4.78, 5) is 15.1. The number of furan rings is 1. The summed E-state index contributed by atoms with van der Waals surface area (Å²) in [5.74, 6) is 0.808. The molecule has 7 nitrogen and oxygen atoms in total. The molecule has 4 rings (SSSR count). The SMILES string of the molecule is COc1cc(/C=N/N=C2\S/C(=C\c3ccc(Cl)cc3)C(=O)N2Cc2ccco2)ccc1O. The molecule has 1 N–H and O–H groups in total.